The van der Waals surface area contributed by atoms with E-state index in [9.17, 15) is 19.2 Å². The zero-order valence-corrected chi connectivity index (χ0v) is 33.0. The van der Waals surface area contributed by atoms with Crippen molar-refractivity contribution in [2.45, 2.75) is 112 Å². The first kappa shape index (κ1) is 42.5. The van der Waals surface area contributed by atoms with Crippen molar-refractivity contribution in [1.29, 1.82) is 0 Å². The second-order valence-electron chi connectivity index (χ2n) is 15.8. The first-order chi connectivity index (χ1) is 24.7. The number of halogens is 1. The molecule has 0 aliphatic heterocycles. The molecule has 3 amide bonds. The van der Waals surface area contributed by atoms with Crippen LogP contribution in [0.1, 0.15) is 103 Å². The standard InChI is InChI=1S/C41H53ClN4O7/c1-39(2,3)33(25-27-15-11-10-12-16-27)44-34(47)18-14-13-17-28-21-24-31(26-32(28)42)51-35(48)29-19-22-30(23-20-29)43-36(45-37(49)52-40(4,5)6)46-38(50)53-41(7,8)9/h10-12,15-16,19-24,26,33H,13-14,17-18,25H2,1-9H3,(H,44,47)(H2,43,45,46,49,50)/t33-/m0/s1. The van der Waals surface area contributed by atoms with Crippen molar-refractivity contribution in [3.05, 3.63) is 94.5 Å². The largest absolute Gasteiger partial charge is 0.444 e. The molecule has 286 valence electrons. The second kappa shape index (κ2) is 18.7. The highest BCUT2D eigenvalue weighted by atomic mass is 35.5. The van der Waals surface area contributed by atoms with Gasteiger partial charge in [-0.3, -0.25) is 10.1 Å². The summed E-state index contributed by atoms with van der Waals surface area (Å²) in [6, 6.07) is 21.4. The smallest absolute Gasteiger partial charge is 0.437 e. The van der Waals surface area contributed by atoms with Crippen LogP contribution in [-0.4, -0.2) is 47.3 Å². The Morgan fingerprint density at radius 3 is 2.02 bits per heavy atom. The van der Waals surface area contributed by atoms with Gasteiger partial charge in [-0.1, -0.05) is 68.8 Å². The Morgan fingerprint density at radius 1 is 0.792 bits per heavy atom. The number of ether oxygens (including phenoxy) is 3. The van der Waals surface area contributed by atoms with Crippen molar-refractivity contribution in [3.63, 3.8) is 0 Å². The molecule has 1 atom stereocenters. The highest BCUT2D eigenvalue weighted by Crippen LogP contribution is 2.26. The first-order valence-corrected chi connectivity index (χ1v) is 18.1. The molecule has 0 saturated carbocycles. The number of anilines is 1. The average Bonchev–Trinajstić information content (AvgIpc) is 3.02. The summed E-state index contributed by atoms with van der Waals surface area (Å²) in [7, 11) is 0. The summed E-state index contributed by atoms with van der Waals surface area (Å²) in [4.78, 5) is 54.3. The number of carbonyl (C=O) groups is 4. The molecule has 3 rings (SSSR count). The van der Waals surface area contributed by atoms with Crippen LogP contribution in [0.3, 0.4) is 0 Å². The SMILES string of the molecule is CC(C)(C)OC(=O)/N=C(/NC(=O)OC(C)(C)C)Nc1ccc(C(=O)Oc2ccc(CCCCC(=O)N[C@@H](Cc3ccccc3)C(C)(C)C)c(Cl)c2)cc1. The minimum atomic E-state index is -0.923. The van der Waals surface area contributed by atoms with Crippen molar-refractivity contribution in [3.8, 4) is 5.75 Å². The van der Waals surface area contributed by atoms with Crippen molar-refractivity contribution in [2.24, 2.45) is 10.4 Å². The van der Waals surface area contributed by atoms with Gasteiger partial charge in [-0.05, 0) is 120 Å². The average molecular weight is 749 g/mol. The number of unbranched alkanes of at least 4 members (excludes halogenated alkanes) is 1. The van der Waals surface area contributed by atoms with E-state index in [4.69, 9.17) is 25.8 Å². The number of carbonyl (C=O) groups excluding carboxylic acids is 4. The fourth-order valence-corrected chi connectivity index (χ4v) is 5.21. The molecule has 0 bridgehead atoms. The highest BCUT2D eigenvalue weighted by Gasteiger charge is 2.26. The fourth-order valence-electron chi connectivity index (χ4n) is 4.94. The molecule has 0 saturated heterocycles. The van der Waals surface area contributed by atoms with Crippen molar-refractivity contribution < 1.29 is 33.4 Å². The zero-order chi connectivity index (χ0) is 39.4. The number of aryl methyl sites for hydroxylation is 1. The Hall–Kier alpha value is -4.90. The number of esters is 1. The number of nitrogens with zero attached hydrogens (tertiary/aromatic N) is 1. The van der Waals surface area contributed by atoms with Crippen LogP contribution in [-0.2, 0) is 27.1 Å². The minimum Gasteiger partial charge on any atom is -0.444 e. The van der Waals surface area contributed by atoms with Gasteiger partial charge in [0.05, 0.1) is 5.56 Å². The Bertz CT molecular complexity index is 1740. The van der Waals surface area contributed by atoms with E-state index in [1.807, 2.05) is 24.3 Å². The maximum absolute atomic E-state index is 12.9. The predicted molar refractivity (Wildman–Crippen MR) is 209 cm³/mol. The molecule has 3 N–H and O–H groups in total. The maximum atomic E-state index is 12.9. The molecule has 0 heterocycles. The lowest BCUT2D eigenvalue weighted by molar-refractivity contribution is -0.122. The van der Waals surface area contributed by atoms with E-state index in [-0.39, 0.29) is 34.6 Å². The normalized spacial score (nSPS) is 12.7. The van der Waals surface area contributed by atoms with E-state index >= 15 is 0 Å². The topological polar surface area (TPSA) is 144 Å². The molecule has 0 spiro atoms. The van der Waals surface area contributed by atoms with Crippen molar-refractivity contribution in [2.75, 3.05) is 5.32 Å². The fraction of sp³-hybridized carbons (Fsp3) is 0.439. The number of rotatable bonds is 11. The molecular formula is C41H53ClN4O7. The molecular weight excluding hydrogens is 696 g/mol. The lowest BCUT2D eigenvalue weighted by Crippen LogP contribution is -2.45. The second-order valence-corrected chi connectivity index (χ2v) is 16.2. The van der Waals surface area contributed by atoms with E-state index in [2.05, 4.69) is 53.8 Å². The predicted octanol–water partition coefficient (Wildman–Crippen LogP) is 9.27. The lowest BCUT2D eigenvalue weighted by atomic mass is 9.83. The van der Waals surface area contributed by atoms with Crippen LogP contribution >= 0.6 is 11.6 Å². The van der Waals surface area contributed by atoms with Gasteiger partial charge in [0.2, 0.25) is 11.9 Å². The van der Waals surface area contributed by atoms with Gasteiger partial charge in [-0.2, -0.15) is 0 Å². The van der Waals surface area contributed by atoms with Crippen LogP contribution in [0.25, 0.3) is 0 Å². The summed E-state index contributed by atoms with van der Waals surface area (Å²) in [6.07, 6.45) is 1.58. The number of hydrogen-bond donors (Lipinski definition) is 3. The number of benzene rings is 3. The molecule has 3 aromatic rings. The Labute approximate surface area is 318 Å². The summed E-state index contributed by atoms with van der Waals surface area (Å²) >= 11 is 6.55. The molecule has 0 aliphatic carbocycles. The number of hydrogen-bond acceptors (Lipinski definition) is 7. The van der Waals surface area contributed by atoms with E-state index in [1.54, 1.807) is 65.8 Å². The van der Waals surface area contributed by atoms with Gasteiger partial charge in [-0.25, -0.2) is 14.4 Å². The summed E-state index contributed by atoms with van der Waals surface area (Å²) in [5, 5.41) is 8.95. The number of amides is 3. The molecule has 3 aromatic carbocycles. The Kier molecular flexibility index (Phi) is 15.0. The summed E-state index contributed by atoms with van der Waals surface area (Å²) < 4.78 is 16.1. The molecule has 0 aromatic heterocycles. The number of nitrogens with one attached hydrogen (secondary N) is 3. The summed E-state index contributed by atoms with van der Waals surface area (Å²) in [5.41, 5.74) is 1.06. The van der Waals surface area contributed by atoms with E-state index in [0.717, 1.165) is 18.4 Å². The number of alkyl carbamates (subject to hydrolysis) is 1. The highest BCUT2D eigenvalue weighted by molar-refractivity contribution is 6.31. The van der Waals surface area contributed by atoms with Gasteiger partial charge in [0.15, 0.2) is 0 Å². The van der Waals surface area contributed by atoms with E-state index in [1.165, 1.54) is 17.7 Å². The summed E-state index contributed by atoms with van der Waals surface area (Å²) in [5.74, 6) is -0.522. The van der Waals surface area contributed by atoms with E-state index < -0.39 is 29.4 Å². The van der Waals surface area contributed by atoms with Crippen LogP contribution in [0.2, 0.25) is 5.02 Å². The third-order valence-corrected chi connectivity index (χ3v) is 7.95. The maximum Gasteiger partial charge on any atom is 0.437 e. The van der Waals surface area contributed by atoms with Gasteiger partial charge in [0.25, 0.3) is 0 Å². The Morgan fingerprint density at radius 2 is 1.43 bits per heavy atom. The molecule has 12 heteroatoms. The van der Waals surface area contributed by atoms with Gasteiger partial charge < -0.3 is 24.8 Å². The molecule has 0 radical (unpaired) electrons. The third-order valence-electron chi connectivity index (χ3n) is 7.60. The van der Waals surface area contributed by atoms with Crippen LogP contribution in [0, 0.1) is 5.41 Å². The molecule has 53 heavy (non-hydrogen) atoms. The third kappa shape index (κ3) is 16.1. The molecule has 0 aliphatic rings. The number of aliphatic imine (C=N–C) groups is 1. The van der Waals surface area contributed by atoms with Crippen LogP contribution < -0.4 is 20.7 Å². The van der Waals surface area contributed by atoms with Crippen molar-refractivity contribution >= 4 is 47.3 Å². The number of guanidine groups is 1. The molecule has 0 unspecified atom stereocenters. The van der Waals surface area contributed by atoms with Crippen LogP contribution in [0.4, 0.5) is 15.3 Å². The van der Waals surface area contributed by atoms with Gasteiger partial charge in [0, 0.05) is 23.2 Å². The minimum absolute atomic E-state index is 0.0166. The first-order valence-electron chi connectivity index (χ1n) is 17.7. The quantitative estimate of drug-likeness (QED) is 0.0579. The molecule has 11 nitrogen and oxygen atoms in total. The monoisotopic (exact) mass is 748 g/mol. The van der Waals surface area contributed by atoms with Gasteiger partial charge in [0.1, 0.15) is 17.0 Å². The van der Waals surface area contributed by atoms with Crippen molar-refractivity contribution in [1.82, 2.24) is 10.6 Å². The zero-order valence-electron chi connectivity index (χ0n) is 32.2. The van der Waals surface area contributed by atoms with E-state index in [0.29, 0.717) is 30.0 Å². The van der Waals surface area contributed by atoms with Gasteiger partial charge >= 0.3 is 18.2 Å². The van der Waals surface area contributed by atoms with Crippen LogP contribution in [0.5, 0.6) is 5.75 Å². The summed E-state index contributed by atoms with van der Waals surface area (Å²) in [6.45, 7) is 16.6. The molecule has 0 fully saturated rings. The Balaban J connectivity index is 1.54. The van der Waals surface area contributed by atoms with Gasteiger partial charge in [-0.15, -0.1) is 4.99 Å². The van der Waals surface area contributed by atoms with Crippen LogP contribution in [0.15, 0.2) is 77.8 Å². The lowest BCUT2D eigenvalue weighted by Gasteiger charge is -2.32.